The fourth-order valence-electron chi connectivity index (χ4n) is 2.25. The molecule has 14 heavy (non-hydrogen) atoms. The smallest absolute Gasteiger partial charge is 0.00960 e. The van der Waals surface area contributed by atoms with Crippen LogP contribution in [0.2, 0.25) is 0 Å². The fraction of sp³-hybridized carbons (Fsp3) is 1.00. The van der Waals surface area contributed by atoms with Crippen LogP contribution in [0.25, 0.3) is 0 Å². The van der Waals surface area contributed by atoms with Crippen molar-refractivity contribution in [1.82, 2.24) is 4.90 Å². The van der Waals surface area contributed by atoms with Crippen molar-refractivity contribution in [1.29, 1.82) is 0 Å². The largest absolute Gasteiger partial charge is 0.300 e. The molecule has 0 spiro atoms. The normalized spacial score (nSPS) is 23.6. The molecule has 1 saturated heterocycles. The van der Waals surface area contributed by atoms with Gasteiger partial charge in [-0.25, -0.2) is 0 Å². The van der Waals surface area contributed by atoms with E-state index in [4.69, 9.17) is 0 Å². The highest BCUT2D eigenvalue weighted by atomic mass is 79.9. The standard InChI is InChI=1S/C12H24BrN/c1-11(2)7-10-14-9-4-6-12(14)5-3-8-13/h11-12H,3-10H2,1-2H3. The van der Waals surface area contributed by atoms with Crippen molar-refractivity contribution < 1.29 is 0 Å². The van der Waals surface area contributed by atoms with Gasteiger partial charge in [0.25, 0.3) is 0 Å². The van der Waals surface area contributed by atoms with Crippen LogP contribution in [0.3, 0.4) is 0 Å². The van der Waals surface area contributed by atoms with Crippen LogP contribution in [0.4, 0.5) is 0 Å². The SMILES string of the molecule is CC(C)CCN1CCCC1CCCBr. The van der Waals surface area contributed by atoms with Crippen LogP contribution in [0.1, 0.15) is 46.0 Å². The highest BCUT2D eigenvalue weighted by molar-refractivity contribution is 9.09. The van der Waals surface area contributed by atoms with Gasteiger partial charge in [-0.3, -0.25) is 0 Å². The van der Waals surface area contributed by atoms with Crippen LogP contribution in [-0.4, -0.2) is 29.4 Å². The molecule has 1 rings (SSSR count). The Morgan fingerprint density at radius 1 is 1.43 bits per heavy atom. The first-order valence-electron chi connectivity index (χ1n) is 6.04. The maximum Gasteiger partial charge on any atom is 0.00960 e. The zero-order valence-corrected chi connectivity index (χ0v) is 11.2. The minimum Gasteiger partial charge on any atom is -0.300 e. The molecule has 0 aliphatic carbocycles. The Morgan fingerprint density at radius 2 is 2.21 bits per heavy atom. The summed E-state index contributed by atoms with van der Waals surface area (Å²) in [4.78, 5) is 2.71. The van der Waals surface area contributed by atoms with Gasteiger partial charge in [0.2, 0.25) is 0 Å². The molecule has 1 nitrogen and oxygen atoms in total. The molecule has 0 aromatic carbocycles. The number of hydrogen-bond donors (Lipinski definition) is 0. The van der Waals surface area contributed by atoms with E-state index in [1.807, 2.05) is 0 Å². The Labute approximate surface area is 97.4 Å². The van der Waals surface area contributed by atoms with Crippen molar-refractivity contribution in [3.05, 3.63) is 0 Å². The molecular formula is C12H24BrN. The second-order valence-electron chi connectivity index (χ2n) is 4.85. The minimum atomic E-state index is 0.854. The van der Waals surface area contributed by atoms with E-state index in [-0.39, 0.29) is 0 Å². The van der Waals surface area contributed by atoms with Crippen LogP contribution >= 0.6 is 15.9 Å². The van der Waals surface area contributed by atoms with Gasteiger partial charge in [0.1, 0.15) is 0 Å². The van der Waals surface area contributed by atoms with Crippen molar-refractivity contribution in [2.24, 2.45) is 5.92 Å². The summed E-state index contributed by atoms with van der Waals surface area (Å²) in [5, 5.41) is 1.17. The van der Waals surface area contributed by atoms with Crippen molar-refractivity contribution in [2.45, 2.75) is 52.0 Å². The van der Waals surface area contributed by atoms with Crippen LogP contribution in [-0.2, 0) is 0 Å². The Kier molecular flexibility index (Phi) is 6.11. The van der Waals surface area contributed by atoms with Crippen molar-refractivity contribution in [3.8, 4) is 0 Å². The van der Waals surface area contributed by atoms with Crippen LogP contribution in [0.15, 0.2) is 0 Å². The highest BCUT2D eigenvalue weighted by Crippen LogP contribution is 2.22. The molecule has 1 heterocycles. The van der Waals surface area contributed by atoms with Gasteiger partial charge in [-0.15, -0.1) is 0 Å². The Bertz CT molecular complexity index is 147. The fourth-order valence-corrected chi connectivity index (χ4v) is 2.58. The van der Waals surface area contributed by atoms with Gasteiger partial charge >= 0.3 is 0 Å². The summed E-state index contributed by atoms with van der Waals surface area (Å²) < 4.78 is 0. The van der Waals surface area contributed by atoms with E-state index in [0.29, 0.717) is 0 Å². The first-order chi connectivity index (χ1) is 6.74. The van der Waals surface area contributed by atoms with Gasteiger partial charge in [-0.1, -0.05) is 29.8 Å². The molecule has 2 heteroatoms. The molecule has 0 aromatic heterocycles. The molecule has 0 bridgehead atoms. The number of hydrogen-bond acceptors (Lipinski definition) is 1. The zero-order chi connectivity index (χ0) is 10.4. The van der Waals surface area contributed by atoms with Gasteiger partial charge in [-0.05, 0) is 51.1 Å². The van der Waals surface area contributed by atoms with Crippen molar-refractivity contribution in [2.75, 3.05) is 18.4 Å². The Balaban J connectivity index is 2.21. The van der Waals surface area contributed by atoms with E-state index < -0.39 is 0 Å². The predicted octanol–water partition coefficient (Wildman–Crippen LogP) is 3.67. The van der Waals surface area contributed by atoms with E-state index in [1.54, 1.807) is 0 Å². The lowest BCUT2D eigenvalue weighted by atomic mass is 10.1. The summed E-state index contributed by atoms with van der Waals surface area (Å²) in [6.07, 6.45) is 6.95. The molecule has 0 amide bonds. The number of rotatable bonds is 6. The molecule has 1 aliphatic rings. The molecule has 0 aromatic rings. The first-order valence-corrected chi connectivity index (χ1v) is 7.16. The molecule has 0 radical (unpaired) electrons. The summed E-state index contributed by atoms with van der Waals surface area (Å²) in [5.41, 5.74) is 0. The third-order valence-electron chi connectivity index (χ3n) is 3.16. The van der Waals surface area contributed by atoms with Gasteiger partial charge in [0.15, 0.2) is 0 Å². The highest BCUT2D eigenvalue weighted by Gasteiger charge is 2.23. The van der Waals surface area contributed by atoms with Gasteiger partial charge in [0, 0.05) is 11.4 Å². The molecule has 1 unspecified atom stereocenters. The monoisotopic (exact) mass is 261 g/mol. The Hall–Kier alpha value is 0.440. The lowest BCUT2D eigenvalue weighted by molar-refractivity contribution is 0.229. The quantitative estimate of drug-likeness (QED) is 0.660. The minimum absolute atomic E-state index is 0.854. The molecule has 1 fully saturated rings. The van der Waals surface area contributed by atoms with Crippen molar-refractivity contribution in [3.63, 3.8) is 0 Å². The molecule has 1 aliphatic heterocycles. The lowest BCUT2D eigenvalue weighted by Crippen LogP contribution is -2.31. The Morgan fingerprint density at radius 3 is 2.86 bits per heavy atom. The van der Waals surface area contributed by atoms with Gasteiger partial charge in [0.05, 0.1) is 0 Å². The number of alkyl halides is 1. The second kappa shape index (κ2) is 6.84. The third-order valence-corrected chi connectivity index (χ3v) is 3.72. The molecular weight excluding hydrogens is 238 g/mol. The molecule has 0 N–H and O–H groups in total. The molecule has 0 saturated carbocycles. The van der Waals surface area contributed by atoms with E-state index >= 15 is 0 Å². The summed E-state index contributed by atoms with van der Waals surface area (Å²) in [6.45, 7) is 7.32. The number of nitrogens with zero attached hydrogens (tertiary/aromatic N) is 1. The van der Waals surface area contributed by atoms with Crippen LogP contribution in [0, 0.1) is 5.92 Å². The van der Waals surface area contributed by atoms with Crippen LogP contribution < -0.4 is 0 Å². The maximum atomic E-state index is 3.52. The first kappa shape index (κ1) is 12.5. The average Bonchev–Trinajstić information content (AvgIpc) is 2.58. The molecule has 1 atom stereocenters. The van der Waals surface area contributed by atoms with E-state index in [1.165, 1.54) is 50.5 Å². The second-order valence-corrected chi connectivity index (χ2v) is 5.64. The average molecular weight is 262 g/mol. The lowest BCUT2D eigenvalue weighted by Gasteiger charge is -2.24. The third kappa shape index (κ3) is 4.31. The van der Waals surface area contributed by atoms with Crippen molar-refractivity contribution >= 4 is 15.9 Å². The number of likely N-dealkylation sites (tertiary alicyclic amines) is 1. The summed E-state index contributed by atoms with van der Waals surface area (Å²) in [5.74, 6) is 0.854. The number of halogens is 1. The van der Waals surface area contributed by atoms with Crippen LogP contribution in [0.5, 0.6) is 0 Å². The zero-order valence-electron chi connectivity index (χ0n) is 9.64. The van der Waals surface area contributed by atoms with Gasteiger partial charge in [-0.2, -0.15) is 0 Å². The summed E-state index contributed by atoms with van der Waals surface area (Å²) in [6, 6.07) is 0.895. The topological polar surface area (TPSA) is 3.24 Å². The van der Waals surface area contributed by atoms with E-state index in [2.05, 4.69) is 34.7 Å². The summed E-state index contributed by atoms with van der Waals surface area (Å²) in [7, 11) is 0. The molecule has 84 valence electrons. The predicted molar refractivity (Wildman–Crippen MR) is 67.1 cm³/mol. The summed E-state index contributed by atoms with van der Waals surface area (Å²) >= 11 is 3.52. The van der Waals surface area contributed by atoms with Gasteiger partial charge < -0.3 is 4.90 Å². The van der Waals surface area contributed by atoms with E-state index in [9.17, 15) is 0 Å². The van der Waals surface area contributed by atoms with E-state index in [0.717, 1.165) is 12.0 Å². The maximum absolute atomic E-state index is 3.52.